The summed E-state index contributed by atoms with van der Waals surface area (Å²) in [5.74, 6) is 0.237. The molecule has 0 bridgehead atoms. The van der Waals surface area contributed by atoms with E-state index in [1.807, 2.05) is 0 Å². The van der Waals surface area contributed by atoms with E-state index in [9.17, 15) is 13.5 Å². The van der Waals surface area contributed by atoms with Crippen LogP contribution in [0.25, 0.3) is 0 Å². The molecule has 0 spiro atoms. The molecule has 0 aliphatic rings. The van der Waals surface area contributed by atoms with E-state index in [1.165, 1.54) is 44.9 Å². The van der Waals surface area contributed by atoms with Crippen LogP contribution in [0, 0.1) is 5.92 Å². The van der Waals surface area contributed by atoms with Crippen molar-refractivity contribution in [2.75, 3.05) is 5.75 Å². The van der Waals surface area contributed by atoms with Gasteiger partial charge in [0.25, 0.3) is 10.1 Å². The summed E-state index contributed by atoms with van der Waals surface area (Å²) in [4.78, 5) is 0. The molecule has 0 rings (SSSR count). The van der Waals surface area contributed by atoms with Crippen LogP contribution in [0.1, 0.15) is 84.5 Å². The second-order valence-corrected chi connectivity index (χ2v) is 8.63. The molecule has 2 atom stereocenters. The van der Waals surface area contributed by atoms with E-state index in [-0.39, 0.29) is 0 Å². The fraction of sp³-hybridized carbons (Fsp3) is 1.00. The molecule has 0 aliphatic heterocycles. The van der Waals surface area contributed by atoms with Crippen molar-refractivity contribution in [2.45, 2.75) is 96.6 Å². The van der Waals surface area contributed by atoms with Gasteiger partial charge in [0.15, 0.2) is 0 Å². The monoisotopic (exact) mass is 351 g/mol. The minimum Gasteiger partial charge on any atom is -0.391 e. The zero-order valence-electron chi connectivity index (χ0n) is 14.9. The lowest BCUT2D eigenvalue weighted by atomic mass is 10.0. The van der Waals surface area contributed by atoms with Gasteiger partial charge in [0, 0.05) is 6.04 Å². The average molecular weight is 352 g/mol. The maximum absolute atomic E-state index is 10.7. The molecular formula is C17H37NO4S. The summed E-state index contributed by atoms with van der Waals surface area (Å²) >= 11 is 0. The van der Waals surface area contributed by atoms with E-state index in [4.69, 9.17) is 10.3 Å². The summed E-state index contributed by atoms with van der Waals surface area (Å²) in [5, 5.41) is 9.74. The van der Waals surface area contributed by atoms with Gasteiger partial charge in [0.2, 0.25) is 0 Å². The van der Waals surface area contributed by atoms with E-state index in [2.05, 4.69) is 13.8 Å². The molecule has 0 saturated heterocycles. The number of aliphatic hydroxyl groups is 1. The third kappa shape index (κ3) is 16.5. The maximum atomic E-state index is 10.7. The first-order valence-electron chi connectivity index (χ1n) is 9.11. The van der Waals surface area contributed by atoms with Gasteiger partial charge in [0.1, 0.15) is 0 Å². The molecule has 0 aromatic heterocycles. The minimum atomic E-state index is -4.11. The zero-order chi connectivity index (χ0) is 17.7. The molecule has 0 heterocycles. The fourth-order valence-corrected chi connectivity index (χ4v) is 3.42. The topological polar surface area (TPSA) is 101 Å². The summed E-state index contributed by atoms with van der Waals surface area (Å²) in [6.45, 7) is 4.54. The van der Waals surface area contributed by atoms with Gasteiger partial charge in [-0.2, -0.15) is 8.42 Å². The number of aliphatic hydroxyl groups excluding tert-OH is 1. The molecule has 5 nitrogen and oxygen atoms in total. The van der Waals surface area contributed by atoms with Crippen molar-refractivity contribution < 1.29 is 18.1 Å². The summed E-state index contributed by atoms with van der Waals surface area (Å²) < 4.78 is 30.1. The Morgan fingerprint density at radius 1 is 0.826 bits per heavy atom. The summed E-state index contributed by atoms with van der Waals surface area (Å²) in [6.07, 6.45) is 11.8. The van der Waals surface area contributed by atoms with Crippen LogP contribution >= 0.6 is 0 Å². The van der Waals surface area contributed by atoms with Crippen LogP contribution in [0.15, 0.2) is 0 Å². The highest BCUT2D eigenvalue weighted by Gasteiger charge is 2.20. The molecule has 0 amide bonds. The second kappa shape index (κ2) is 13.2. The summed E-state index contributed by atoms with van der Waals surface area (Å²) in [6, 6.07) is -0.907. The minimum absolute atomic E-state index is 0.492. The van der Waals surface area contributed by atoms with Gasteiger partial charge in [-0.1, -0.05) is 78.1 Å². The van der Waals surface area contributed by atoms with Crippen LogP contribution in [0.3, 0.4) is 0 Å². The highest BCUT2D eigenvalue weighted by atomic mass is 32.2. The van der Waals surface area contributed by atoms with Crippen LogP contribution in [0.2, 0.25) is 0 Å². The Hall–Kier alpha value is -0.170. The molecule has 0 aromatic rings. The second-order valence-electron chi connectivity index (χ2n) is 7.13. The van der Waals surface area contributed by atoms with Crippen molar-refractivity contribution in [3.05, 3.63) is 0 Å². The molecule has 2 unspecified atom stereocenters. The quantitative estimate of drug-likeness (QED) is 0.310. The lowest BCUT2D eigenvalue weighted by Gasteiger charge is -2.17. The van der Waals surface area contributed by atoms with Gasteiger partial charge >= 0.3 is 0 Å². The van der Waals surface area contributed by atoms with Gasteiger partial charge in [-0.05, 0) is 12.3 Å². The highest BCUT2D eigenvalue weighted by Crippen LogP contribution is 2.14. The van der Waals surface area contributed by atoms with Gasteiger partial charge in [-0.25, -0.2) is 0 Å². The summed E-state index contributed by atoms with van der Waals surface area (Å²) in [5.41, 5.74) is 5.55. The van der Waals surface area contributed by atoms with Gasteiger partial charge < -0.3 is 10.8 Å². The Bertz CT molecular complexity index is 371. The van der Waals surface area contributed by atoms with E-state index < -0.39 is 28.0 Å². The molecule has 4 N–H and O–H groups in total. The SMILES string of the molecule is CC(C)CCCCCCCCCCCC(O)C(N)CS(=O)(=O)O. The predicted molar refractivity (Wildman–Crippen MR) is 96.0 cm³/mol. The molecule has 0 saturated carbocycles. The molecular weight excluding hydrogens is 314 g/mol. The molecule has 0 aliphatic carbocycles. The third-order valence-electron chi connectivity index (χ3n) is 4.18. The first-order valence-corrected chi connectivity index (χ1v) is 10.7. The molecule has 140 valence electrons. The first kappa shape index (κ1) is 22.8. The maximum Gasteiger partial charge on any atom is 0.266 e. The molecule has 0 fully saturated rings. The van der Waals surface area contributed by atoms with E-state index >= 15 is 0 Å². The first-order chi connectivity index (χ1) is 10.7. The molecule has 0 radical (unpaired) electrons. The summed E-state index contributed by atoms with van der Waals surface area (Å²) in [7, 11) is -4.11. The lowest BCUT2D eigenvalue weighted by Crippen LogP contribution is -2.40. The lowest BCUT2D eigenvalue weighted by molar-refractivity contribution is 0.138. The number of hydrogen-bond donors (Lipinski definition) is 3. The third-order valence-corrected chi connectivity index (χ3v) is 4.98. The number of nitrogens with two attached hydrogens (primary N) is 1. The molecule has 0 aromatic carbocycles. The Morgan fingerprint density at radius 3 is 1.61 bits per heavy atom. The van der Waals surface area contributed by atoms with Crippen molar-refractivity contribution >= 4 is 10.1 Å². The largest absolute Gasteiger partial charge is 0.391 e. The zero-order valence-corrected chi connectivity index (χ0v) is 15.7. The van der Waals surface area contributed by atoms with E-state index in [0.29, 0.717) is 6.42 Å². The van der Waals surface area contributed by atoms with Crippen molar-refractivity contribution in [3.8, 4) is 0 Å². The van der Waals surface area contributed by atoms with Crippen molar-refractivity contribution in [1.82, 2.24) is 0 Å². The average Bonchev–Trinajstić information content (AvgIpc) is 2.42. The predicted octanol–water partition coefficient (Wildman–Crippen LogP) is 3.51. The Labute approximate surface area is 142 Å². The van der Waals surface area contributed by atoms with Crippen molar-refractivity contribution in [1.29, 1.82) is 0 Å². The number of hydrogen-bond acceptors (Lipinski definition) is 4. The molecule has 23 heavy (non-hydrogen) atoms. The van der Waals surface area contributed by atoms with Gasteiger partial charge in [0.05, 0.1) is 11.9 Å². The fourth-order valence-electron chi connectivity index (χ4n) is 2.71. The highest BCUT2D eigenvalue weighted by molar-refractivity contribution is 7.85. The smallest absolute Gasteiger partial charge is 0.266 e. The Balaban J connectivity index is 3.39. The van der Waals surface area contributed by atoms with Gasteiger partial charge in [-0.3, -0.25) is 4.55 Å². The van der Waals surface area contributed by atoms with E-state index in [0.717, 1.165) is 25.2 Å². The van der Waals surface area contributed by atoms with Crippen molar-refractivity contribution in [3.63, 3.8) is 0 Å². The Morgan fingerprint density at radius 2 is 1.22 bits per heavy atom. The van der Waals surface area contributed by atoms with Gasteiger partial charge in [-0.15, -0.1) is 0 Å². The number of rotatable bonds is 15. The van der Waals surface area contributed by atoms with Crippen LogP contribution in [-0.2, 0) is 10.1 Å². The normalized spacial score (nSPS) is 15.0. The van der Waals surface area contributed by atoms with Crippen LogP contribution in [-0.4, -0.2) is 36.0 Å². The van der Waals surface area contributed by atoms with Crippen molar-refractivity contribution in [2.24, 2.45) is 11.7 Å². The van der Waals surface area contributed by atoms with Crippen LogP contribution in [0.4, 0.5) is 0 Å². The van der Waals surface area contributed by atoms with Crippen LogP contribution in [0.5, 0.6) is 0 Å². The van der Waals surface area contributed by atoms with E-state index in [1.54, 1.807) is 0 Å². The number of unbranched alkanes of at least 4 members (excludes halogenated alkanes) is 8. The molecule has 6 heteroatoms. The standard InChI is InChI=1S/C17H37NO4S/c1-15(2)12-10-8-6-4-3-5-7-9-11-13-17(19)16(18)14-23(20,21)22/h15-17,19H,3-14,18H2,1-2H3,(H,20,21,22). The Kier molecular flexibility index (Phi) is 13.1. The van der Waals surface area contributed by atoms with Crippen LogP contribution < -0.4 is 5.73 Å².